The molecular weight excluding hydrogens is 216 g/mol. The Morgan fingerprint density at radius 3 is 2.88 bits per heavy atom. The molecule has 0 bridgehead atoms. The first kappa shape index (κ1) is 12.1. The highest BCUT2D eigenvalue weighted by Gasteiger charge is 2.19. The van der Waals surface area contributed by atoms with Crippen LogP contribution in [0.15, 0.2) is 12.4 Å². The van der Waals surface area contributed by atoms with E-state index in [0.29, 0.717) is 6.04 Å². The fourth-order valence-electron chi connectivity index (χ4n) is 2.08. The van der Waals surface area contributed by atoms with E-state index >= 15 is 0 Å². The lowest BCUT2D eigenvalue weighted by Crippen LogP contribution is -2.37. The summed E-state index contributed by atoms with van der Waals surface area (Å²) in [7, 11) is 2.09. The summed E-state index contributed by atoms with van der Waals surface area (Å²) < 4.78 is 5.38. The van der Waals surface area contributed by atoms with Crippen LogP contribution < -0.4 is 10.2 Å². The third-order valence-electron chi connectivity index (χ3n) is 3.11. The fraction of sp³-hybridized carbons (Fsp3) is 0.667. The summed E-state index contributed by atoms with van der Waals surface area (Å²) in [4.78, 5) is 10.7. The minimum atomic E-state index is 0.521. The number of nitrogens with one attached hydrogen (secondary N) is 1. The lowest BCUT2D eigenvalue weighted by Gasteiger charge is -2.32. The molecule has 1 aromatic heterocycles. The number of aromatic nitrogens is 2. The normalized spacial score (nSPS) is 16.8. The molecule has 17 heavy (non-hydrogen) atoms. The summed E-state index contributed by atoms with van der Waals surface area (Å²) in [5.41, 5.74) is 0. The van der Waals surface area contributed by atoms with Gasteiger partial charge in [-0.2, -0.15) is 0 Å². The van der Waals surface area contributed by atoms with Crippen LogP contribution in [0.1, 0.15) is 19.8 Å². The lowest BCUT2D eigenvalue weighted by atomic mass is 10.1. The van der Waals surface area contributed by atoms with Crippen LogP contribution in [0.5, 0.6) is 0 Å². The molecular formula is C12H20N4O. The minimum Gasteiger partial charge on any atom is -0.381 e. The molecule has 5 heteroatoms. The van der Waals surface area contributed by atoms with E-state index in [1.54, 1.807) is 6.33 Å². The average Bonchev–Trinajstić information content (AvgIpc) is 2.40. The number of hydrogen-bond acceptors (Lipinski definition) is 5. The summed E-state index contributed by atoms with van der Waals surface area (Å²) in [6.45, 7) is 4.63. The summed E-state index contributed by atoms with van der Waals surface area (Å²) in [5, 5.41) is 3.20. The van der Waals surface area contributed by atoms with E-state index in [0.717, 1.165) is 44.2 Å². The molecule has 0 atom stereocenters. The van der Waals surface area contributed by atoms with Crippen molar-refractivity contribution in [2.45, 2.75) is 25.8 Å². The minimum absolute atomic E-state index is 0.521. The molecule has 0 amide bonds. The van der Waals surface area contributed by atoms with Gasteiger partial charge in [-0.05, 0) is 19.8 Å². The molecule has 0 aromatic carbocycles. The van der Waals surface area contributed by atoms with Gasteiger partial charge in [-0.15, -0.1) is 0 Å². The highest BCUT2D eigenvalue weighted by atomic mass is 16.5. The van der Waals surface area contributed by atoms with Crippen LogP contribution in [0.2, 0.25) is 0 Å². The molecule has 0 unspecified atom stereocenters. The zero-order valence-corrected chi connectivity index (χ0v) is 10.5. The number of rotatable bonds is 4. The first-order chi connectivity index (χ1) is 8.31. The standard InChI is InChI=1S/C12H20N4O/c1-3-13-11-8-12(15-9-14-11)16(2)10-4-6-17-7-5-10/h8-10H,3-7H2,1-2H3,(H,13,14,15). The second kappa shape index (κ2) is 5.82. The number of hydrogen-bond donors (Lipinski definition) is 1. The fourth-order valence-corrected chi connectivity index (χ4v) is 2.08. The number of nitrogens with zero attached hydrogens (tertiary/aromatic N) is 3. The summed E-state index contributed by atoms with van der Waals surface area (Å²) >= 11 is 0. The largest absolute Gasteiger partial charge is 0.381 e. The van der Waals surface area contributed by atoms with Crippen LogP contribution in [0, 0.1) is 0 Å². The summed E-state index contributed by atoms with van der Waals surface area (Å²) in [5.74, 6) is 1.86. The topological polar surface area (TPSA) is 50.3 Å². The van der Waals surface area contributed by atoms with Crippen molar-refractivity contribution in [3.63, 3.8) is 0 Å². The third-order valence-corrected chi connectivity index (χ3v) is 3.11. The zero-order chi connectivity index (χ0) is 12.1. The van der Waals surface area contributed by atoms with E-state index in [1.807, 2.05) is 6.07 Å². The maximum Gasteiger partial charge on any atom is 0.134 e. The van der Waals surface area contributed by atoms with Crippen molar-refractivity contribution in [2.24, 2.45) is 0 Å². The van der Waals surface area contributed by atoms with Gasteiger partial charge in [0, 0.05) is 38.9 Å². The Bertz CT molecular complexity index is 352. The number of ether oxygens (including phenoxy) is 1. The van der Waals surface area contributed by atoms with E-state index in [4.69, 9.17) is 4.74 Å². The van der Waals surface area contributed by atoms with Gasteiger partial charge in [0.05, 0.1) is 0 Å². The van der Waals surface area contributed by atoms with Crippen molar-refractivity contribution in [3.05, 3.63) is 12.4 Å². The highest BCUT2D eigenvalue weighted by Crippen LogP contribution is 2.20. The van der Waals surface area contributed by atoms with Crippen LogP contribution in [-0.4, -0.2) is 42.8 Å². The van der Waals surface area contributed by atoms with Crippen LogP contribution in [0.4, 0.5) is 11.6 Å². The molecule has 1 aromatic rings. The molecule has 0 spiro atoms. The zero-order valence-electron chi connectivity index (χ0n) is 10.5. The predicted molar refractivity (Wildman–Crippen MR) is 68.4 cm³/mol. The Labute approximate surface area is 102 Å². The Hall–Kier alpha value is -1.36. The lowest BCUT2D eigenvalue weighted by molar-refractivity contribution is 0.0853. The third kappa shape index (κ3) is 3.06. The molecule has 2 heterocycles. The van der Waals surface area contributed by atoms with Crippen molar-refractivity contribution in [1.82, 2.24) is 9.97 Å². The molecule has 1 aliphatic heterocycles. The Morgan fingerprint density at radius 2 is 2.18 bits per heavy atom. The average molecular weight is 236 g/mol. The van der Waals surface area contributed by atoms with Crippen LogP contribution >= 0.6 is 0 Å². The second-order valence-electron chi connectivity index (χ2n) is 4.25. The van der Waals surface area contributed by atoms with Gasteiger partial charge in [-0.1, -0.05) is 0 Å². The molecule has 1 N–H and O–H groups in total. The van der Waals surface area contributed by atoms with Crippen molar-refractivity contribution >= 4 is 11.6 Å². The van der Waals surface area contributed by atoms with E-state index in [1.165, 1.54) is 0 Å². The highest BCUT2D eigenvalue weighted by molar-refractivity contribution is 5.48. The molecule has 1 fully saturated rings. The molecule has 0 aliphatic carbocycles. The van der Waals surface area contributed by atoms with Crippen molar-refractivity contribution < 1.29 is 4.74 Å². The maximum atomic E-state index is 5.38. The molecule has 0 saturated carbocycles. The SMILES string of the molecule is CCNc1cc(N(C)C2CCOCC2)ncn1. The Balaban J connectivity index is 2.06. The van der Waals surface area contributed by atoms with Gasteiger partial charge in [0.1, 0.15) is 18.0 Å². The van der Waals surface area contributed by atoms with Crippen molar-refractivity contribution in [3.8, 4) is 0 Å². The van der Waals surface area contributed by atoms with E-state index < -0.39 is 0 Å². The van der Waals surface area contributed by atoms with E-state index in [2.05, 4.69) is 34.2 Å². The molecule has 1 aliphatic rings. The van der Waals surface area contributed by atoms with Gasteiger partial charge in [0.15, 0.2) is 0 Å². The summed E-state index contributed by atoms with van der Waals surface area (Å²) in [6, 6.07) is 2.52. The first-order valence-electron chi connectivity index (χ1n) is 6.17. The van der Waals surface area contributed by atoms with E-state index in [-0.39, 0.29) is 0 Å². The van der Waals surface area contributed by atoms with E-state index in [9.17, 15) is 0 Å². The first-order valence-corrected chi connectivity index (χ1v) is 6.17. The molecule has 2 rings (SSSR count). The van der Waals surface area contributed by atoms with Crippen molar-refractivity contribution in [1.29, 1.82) is 0 Å². The summed E-state index contributed by atoms with van der Waals surface area (Å²) in [6.07, 6.45) is 3.75. The van der Waals surface area contributed by atoms with Crippen molar-refractivity contribution in [2.75, 3.05) is 37.0 Å². The maximum absolute atomic E-state index is 5.38. The van der Waals surface area contributed by atoms with Crippen LogP contribution in [0.3, 0.4) is 0 Å². The van der Waals surface area contributed by atoms with Gasteiger partial charge < -0.3 is 15.0 Å². The van der Waals surface area contributed by atoms with Gasteiger partial charge in [0.25, 0.3) is 0 Å². The number of anilines is 2. The monoisotopic (exact) mass is 236 g/mol. The van der Waals surface area contributed by atoms with Gasteiger partial charge in [-0.3, -0.25) is 0 Å². The molecule has 5 nitrogen and oxygen atoms in total. The molecule has 0 radical (unpaired) electrons. The smallest absolute Gasteiger partial charge is 0.134 e. The quantitative estimate of drug-likeness (QED) is 0.859. The second-order valence-corrected chi connectivity index (χ2v) is 4.25. The van der Waals surface area contributed by atoms with Crippen LogP contribution in [-0.2, 0) is 4.74 Å². The Morgan fingerprint density at radius 1 is 1.41 bits per heavy atom. The molecule has 94 valence electrons. The van der Waals surface area contributed by atoms with Crippen LogP contribution in [0.25, 0.3) is 0 Å². The molecule has 1 saturated heterocycles. The predicted octanol–water partition coefficient (Wildman–Crippen LogP) is 1.52. The van der Waals surface area contributed by atoms with Gasteiger partial charge in [0.2, 0.25) is 0 Å². The Kier molecular flexibility index (Phi) is 4.14. The van der Waals surface area contributed by atoms with Gasteiger partial charge in [-0.25, -0.2) is 9.97 Å². The van der Waals surface area contributed by atoms with Gasteiger partial charge >= 0.3 is 0 Å².